The molecule has 146 valence electrons. The first kappa shape index (κ1) is 21.1. The van der Waals surface area contributed by atoms with Crippen LogP contribution in [-0.4, -0.2) is 31.7 Å². The third kappa shape index (κ3) is 5.37. The van der Waals surface area contributed by atoms with Crippen LogP contribution in [-0.2, 0) is 16.6 Å². The molecule has 2 aromatic rings. The van der Waals surface area contributed by atoms with E-state index in [4.69, 9.17) is 0 Å². The molecule has 2 aromatic carbocycles. The summed E-state index contributed by atoms with van der Waals surface area (Å²) in [7, 11) is -3.66. The molecule has 0 atom stereocenters. The summed E-state index contributed by atoms with van der Waals surface area (Å²) in [5.74, 6) is -0.850. The van der Waals surface area contributed by atoms with Crippen molar-refractivity contribution in [2.45, 2.75) is 38.1 Å². The van der Waals surface area contributed by atoms with Crippen molar-refractivity contribution in [3.8, 4) is 0 Å². The van der Waals surface area contributed by atoms with E-state index in [-0.39, 0.29) is 17.0 Å². The zero-order valence-corrected chi connectivity index (χ0v) is 16.4. The number of hydrogen-bond acceptors (Lipinski definition) is 3. The minimum absolute atomic E-state index is 0.0281. The number of carbonyl (C=O) groups is 1. The van der Waals surface area contributed by atoms with Crippen molar-refractivity contribution < 1.29 is 17.6 Å². The van der Waals surface area contributed by atoms with Crippen molar-refractivity contribution in [2.24, 2.45) is 0 Å². The molecule has 0 aliphatic carbocycles. The molecule has 0 unspecified atom stereocenters. The highest BCUT2D eigenvalue weighted by molar-refractivity contribution is 7.89. The Balaban J connectivity index is 2.18. The van der Waals surface area contributed by atoms with E-state index < -0.39 is 21.7 Å². The van der Waals surface area contributed by atoms with Gasteiger partial charge in [0.05, 0.1) is 4.90 Å². The molecule has 0 spiro atoms. The van der Waals surface area contributed by atoms with Gasteiger partial charge in [0.25, 0.3) is 5.91 Å². The smallest absolute Gasteiger partial charge is 0.251 e. The highest BCUT2D eigenvalue weighted by Gasteiger charge is 2.23. The summed E-state index contributed by atoms with van der Waals surface area (Å²) in [5.41, 5.74) is 0.590. The van der Waals surface area contributed by atoms with E-state index in [1.807, 2.05) is 13.8 Å². The van der Waals surface area contributed by atoms with Crippen molar-refractivity contribution in [1.82, 2.24) is 9.62 Å². The van der Waals surface area contributed by atoms with E-state index >= 15 is 0 Å². The summed E-state index contributed by atoms with van der Waals surface area (Å²) >= 11 is 0. The van der Waals surface area contributed by atoms with Crippen molar-refractivity contribution in [2.75, 3.05) is 13.1 Å². The average Bonchev–Trinajstić information content (AvgIpc) is 2.67. The van der Waals surface area contributed by atoms with Gasteiger partial charge in [-0.25, -0.2) is 12.8 Å². The van der Waals surface area contributed by atoms with Gasteiger partial charge >= 0.3 is 0 Å². The van der Waals surface area contributed by atoms with Crippen LogP contribution in [0.15, 0.2) is 53.4 Å². The zero-order valence-electron chi connectivity index (χ0n) is 15.6. The van der Waals surface area contributed by atoms with Crippen LogP contribution in [0.5, 0.6) is 0 Å². The van der Waals surface area contributed by atoms with E-state index in [0.717, 1.165) is 0 Å². The number of benzene rings is 2. The number of halogens is 1. The molecule has 0 heterocycles. The molecule has 0 fully saturated rings. The largest absolute Gasteiger partial charge is 0.348 e. The summed E-state index contributed by atoms with van der Waals surface area (Å²) in [6.07, 6.45) is 1.42. The first-order chi connectivity index (χ1) is 12.9. The number of carbonyl (C=O) groups excluding carboxylic acids is 1. The Morgan fingerprint density at radius 3 is 2.33 bits per heavy atom. The van der Waals surface area contributed by atoms with Crippen molar-refractivity contribution in [3.63, 3.8) is 0 Å². The molecule has 0 aliphatic heterocycles. The maximum absolute atomic E-state index is 13.7. The Kier molecular flexibility index (Phi) is 7.50. The molecular weight excluding hydrogens is 367 g/mol. The molecule has 7 heteroatoms. The second kappa shape index (κ2) is 9.62. The van der Waals surface area contributed by atoms with E-state index in [9.17, 15) is 17.6 Å². The number of amides is 1. The van der Waals surface area contributed by atoms with E-state index in [2.05, 4.69) is 5.32 Å². The van der Waals surface area contributed by atoms with Crippen molar-refractivity contribution in [1.29, 1.82) is 0 Å². The Morgan fingerprint density at radius 2 is 1.70 bits per heavy atom. The average molecular weight is 392 g/mol. The third-order valence-corrected chi connectivity index (χ3v) is 5.97. The summed E-state index contributed by atoms with van der Waals surface area (Å²) in [6.45, 7) is 4.73. The second-order valence-electron chi connectivity index (χ2n) is 6.21. The van der Waals surface area contributed by atoms with Gasteiger partial charge in [-0.1, -0.05) is 38.1 Å². The standard InChI is InChI=1S/C20H25FN2O3S/c1-3-12-23(13-4-2)27(25,26)18-10-7-9-16(14-18)20(24)22-15-17-8-5-6-11-19(17)21/h5-11,14H,3-4,12-13,15H2,1-2H3,(H,22,24). The van der Waals surface area contributed by atoms with Gasteiger partial charge in [-0.15, -0.1) is 0 Å². The summed E-state index contributed by atoms with van der Waals surface area (Å²) in [5, 5.41) is 2.63. The van der Waals surface area contributed by atoms with Crippen molar-refractivity contribution in [3.05, 3.63) is 65.5 Å². The Hall–Kier alpha value is -2.25. The van der Waals surface area contributed by atoms with Crippen LogP contribution in [0.4, 0.5) is 4.39 Å². The van der Waals surface area contributed by atoms with E-state index in [1.165, 1.54) is 22.5 Å². The molecule has 5 nitrogen and oxygen atoms in total. The second-order valence-corrected chi connectivity index (χ2v) is 8.14. The quantitative estimate of drug-likeness (QED) is 0.709. The molecule has 0 aromatic heterocycles. The van der Waals surface area contributed by atoms with Gasteiger partial charge in [0.2, 0.25) is 10.0 Å². The highest BCUT2D eigenvalue weighted by atomic mass is 32.2. The molecule has 1 amide bonds. The van der Waals surface area contributed by atoms with Crippen LogP contribution in [0.2, 0.25) is 0 Å². The highest BCUT2D eigenvalue weighted by Crippen LogP contribution is 2.18. The van der Waals surface area contributed by atoms with Gasteiger partial charge in [-0.2, -0.15) is 4.31 Å². The fraction of sp³-hybridized carbons (Fsp3) is 0.350. The number of nitrogens with one attached hydrogen (secondary N) is 1. The van der Waals surface area contributed by atoms with Gasteiger partial charge in [0.1, 0.15) is 5.82 Å². The summed E-state index contributed by atoms with van der Waals surface area (Å²) < 4.78 is 40.8. The van der Waals surface area contributed by atoms with Gasteiger partial charge < -0.3 is 5.32 Å². The summed E-state index contributed by atoms with van der Waals surface area (Å²) in [6, 6.07) is 12.1. The van der Waals surface area contributed by atoms with Gasteiger partial charge in [0, 0.05) is 30.8 Å². The van der Waals surface area contributed by atoms with E-state index in [0.29, 0.717) is 31.5 Å². The number of nitrogens with zero attached hydrogens (tertiary/aromatic N) is 1. The molecular formula is C20H25FN2O3S. The first-order valence-corrected chi connectivity index (χ1v) is 10.5. The number of rotatable bonds is 9. The fourth-order valence-electron chi connectivity index (χ4n) is 2.72. The summed E-state index contributed by atoms with van der Waals surface area (Å²) in [4.78, 5) is 12.5. The lowest BCUT2D eigenvalue weighted by Gasteiger charge is -2.21. The van der Waals surface area contributed by atoms with Crippen LogP contribution >= 0.6 is 0 Å². The fourth-order valence-corrected chi connectivity index (χ4v) is 4.39. The van der Waals surface area contributed by atoms with Gasteiger partial charge in [0.15, 0.2) is 0 Å². The Labute approximate surface area is 160 Å². The number of sulfonamides is 1. The van der Waals surface area contributed by atoms with Crippen LogP contribution in [0.1, 0.15) is 42.6 Å². The predicted octanol–water partition coefficient (Wildman–Crippen LogP) is 3.57. The SMILES string of the molecule is CCCN(CCC)S(=O)(=O)c1cccc(C(=O)NCc2ccccc2F)c1. The lowest BCUT2D eigenvalue weighted by atomic mass is 10.2. The molecule has 0 bridgehead atoms. The molecule has 1 N–H and O–H groups in total. The van der Waals surface area contributed by atoms with Gasteiger partial charge in [-0.3, -0.25) is 4.79 Å². The van der Waals surface area contributed by atoms with Crippen LogP contribution < -0.4 is 5.32 Å². The lowest BCUT2D eigenvalue weighted by Crippen LogP contribution is -2.32. The molecule has 0 saturated carbocycles. The third-order valence-electron chi connectivity index (χ3n) is 4.08. The van der Waals surface area contributed by atoms with Crippen molar-refractivity contribution >= 4 is 15.9 Å². The Bertz CT molecular complexity index is 878. The molecule has 27 heavy (non-hydrogen) atoms. The predicted molar refractivity (Wildman–Crippen MR) is 103 cm³/mol. The minimum Gasteiger partial charge on any atom is -0.348 e. The maximum Gasteiger partial charge on any atom is 0.251 e. The van der Waals surface area contributed by atoms with Crippen LogP contribution in [0.25, 0.3) is 0 Å². The monoisotopic (exact) mass is 392 g/mol. The zero-order chi connectivity index (χ0) is 19.9. The minimum atomic E-state index is -3.66. The van der Waals surface area contributed by atoms with E-state index in [1.54, 1.807) is 30.3 Å². The molecule has 2 rings (SSSR count). The molecule has 0 radical (unpaired) electrons. The first-order valence-electron chi connectivity index (χ1n) is 9.02. The van der Waals surface area contributed by atoms with Crippen LogP contribution in [0.3, 0.4) is 0 Å². The normalized spacial score (nSPS) is 11.6. The van der Waals surface area contributed by atoms with Crippen LogP contribution in [0, 0.1) is 5.82 Å². The maximum atomic E-state index is 13.7. The lowest BCUT2D eigenvalue weighted by molar-refractivity contribution is 0.0950. The Morgan fingerprint density at radius 1 is 1.04 bits per heavy atom. The molecule has 0 saturated heterocycles. The number of hydrogen-bond donors (Lipinski definition) is 1. The molecule has 0 aliphatic rings. The van der Waals surface area contributed by atoms with Gasteiger partial charge in [-0.05, 0) is 37.1 Å². The topological polar surface area (TPSA) is 66.5 Å².